The minimum absolute atomic E-state index is 0.122. The van der Waals surface area contributed by atoms with Gasteiger partial charge in [-0.25, -0.2) is 14.8 Å². The molecule has 0 amide bonds. The summed E-state index contributed by atoms with van der Waals surface area (Å²) in [7, 11) is 0. The number of carboxylic acid groups (broad SMARTS) is 1. The highest BCUT2D eigenvalue weighted by Gasteiger charge is 2.14. The minimum Gasteiger partial charge on any atom is -0.478 e. The molecule has 0 aliphatic heterocycles. The maximum absolute atomic E-state index is 11.4. The number of hydrogen-bond acceptors (Lipinski definition) is 4. The van der Waals surface area contributed by atoms with Gasteiger partial charge >= 0.3 is 5.97 Å². The second kappa shape index (κ2) is 5.20. The summed E-state index contributed by atoms with van der Waals surface area (Å²) >= 11 is 0. The van der Waals surface area contributed by atoms with E-state index in [0.717, 1.165) is 16.5 Å². The minimum atomic E-state index is -1.02. The highest BCUT2D eigenvalue weighted by molar-refractivity contribution is 5.98. The van der Waals surface area contributed by atoms with Crippen molar-refractivity contribution in [1.82, 2.24) is 9.97 Å². The molecule has 0 spiro atoms. The molecule has 0 saturated carbocycles. The average molecular weight is 279 g/mol. The number of rotatable bonds is 3. The van der Waals surface area contributed by atoms with Crippen LogP contribution in [0.1, 0.15) is 15.9 Å². The molecule has 3 aromatic rings. The van der Waals surface area contributed by atoms with E-state index in [1.807, 2.05) is 31.2 Å². The molecule has 5 heteroatoms. The van der Waals surface area contributed by atoms with Gasteiger partial charge in [-0.2, -0.15) is 0 Å². The Morgan fingerprint density at radius 1 is 1.19 bits per heavy atom. The van der Waals surface area contributed by atoms with Crippen molar-refractivity contribution >= 4 is 28.5 Å². The molecule has 0 radical (unpaired) electrons. The van der Waals surface area contributed by atoms with Crippen LogP contribution in [0, 0.1) is 6.92 Å². The molecule has 0 unspecified atom stereocenters. The third-order valence-corrected chi connectivity index (χ3v) is 3.11. The zero-order valence-corrected chi connectivity index (χ0v) is 11.4. The van der Waals surface area contributed by atoms with Gasteiger partial charge in [-0.05, 0) is 36.8 Å². The lowest BCUT2D eigenvalue weighted by atomic mass is 10.1. The van der Waals surface area contributed by atoms with E-state index in [9.17, 15) is 9.90 Å². The van der Waals surface area contributed by atoms with Crippen molar-refractivity contribution < 1.29 is 9.90 Å². The van der Waals surface area contributed by atoms with Gasteiger partial charge in [0.2, 0.25) is 0 Å². The first-order valence-corrected chi connectivity index (χ1v) is 6.46. The molecule has 0 bridgehead atoms. The van der Waals surface area contributed by atoms with Crippen molar-refractivity contribution in [2.75, 3.05) is 5.32 Å². The van der Waals surface area contributed by atoms with Crippen LogP contribution in [0.4, 0.5) is 11.6 Å². The maximum Gasteiger partial charge on any atom is 0.339 e. The van der Waals surface area contributed by atoms with Crippen LogP contribution >= 0.6 is 0 Å². The summed E-state index contributed by atoms with van der Waals surface area (Å²) in [5.41, 5.74) is 1.94. The van der Waals surface area contributed by atoms with Gasteiger partial charge < -0.3 is 10.4 Å². The summed E-state index contributed by atoms with van der Waals surface area (Å²) in [4.78, 5) is 20.0. The zero-order valence-electron chi connectivity index (χ0n) is 11.4. The molecule has 21 heavy (non-hydrogen) atoms. The van der Waals surface area contributed by atoms with Crippen molar-refractivity contribution in [1.29, 1.82) is 0 Å². The lowest BCUT2D eigenvalue weighted by molar-refractivity contribution is 0.0698. The standard InChI is InChI=1S/C16H13N3O2/c1-10-5-6-11-9-12(16(20)21)15(18-13(11)8-10)19-14-4-2-3-7-17-14/h2-9H,1H3,(H,20,21)(H,17,18,19). The fraction of sp³-hybridized carbons (Fsp3) is 0.0625. The predicted molar refractivity (Wildman–Crippen MR) is 81.0 cm³/mol. The summed E-state index contributed by atoms with van der Waals surface area (Å²) in [5, 5.41) is 13.1. The SMILES string of the molecule is Cc1ccc2cc(C(=O)O)c(Nc3ccccn3)nc2c1. The van der Waals surface area contributed by atoms with Crippen molar-refractivity contribution in [2.45, 2.75) is 6.92 Å². The molecule has 0 atom stereocenters. The number of fused-ring (bicyclic) bond motifs is 1. The molecule has 3 rings (SSSR count). The molecule has 0 fully saturated rings. The topological polar surface area (TPSA) is 75.1 Å². The summed E-state index contributed by atoms with van der Waals surface area (Å²) in [6, 6.07) is 12.7. The summed E-state index contributed by atoms with van der Waals surface area (Å²) in [6.45, 7) is 1.97. The first kappa shape index (κ1) is 13.1. The number of benzene rings is 1. The van der Waals surface area contributed by atoms with Crippen LogP contribution in [-0.2, 0) is 0 Å². The van der Waals surface area contributed by atoms with Gasteiger partial charge in [0.15, 0.2) is 0 Å². The molecule has 104 valence electrons. The van der Waals surface area contributed by atoms with Crippen LogP contribution in [0.25, 0.3) is 10.9 Å². The first-order chi connectivity index (χ1) is 10.1. The lowest BCUT2D eigenvalue weighted by Gasteiger charge is -2.10. The largest absolute Gasteiger partial charge is 0.478 e. The molecule has 2 aromatic heterocycles. The first-order valence-electron chi connectivity index (χ1n) is 6.46. The van der Waals surface area contributed by atoms with Gasteiger partial charge in [0.1, 0.15) is 17.2 Å². The van der Waals surface area contributed by atoms with Crippen LogP contribution in [0.2, 0.25) is 0 Å². The molecule has 5 nitrogen and oxygen atoms in total. The van der Waals surface area contributed by atoms with Gasteiger partial charge in [0.25, 0.3) is 0 Å². The number of nitrogens with one attached hydrogen (secondary N) is 1. The van der Waals surface area contributed by atoms with E-state index in [4.69, 9.17) is 0 Å². The summed E-state index contributed by atoms with van der Waals surface area (Å²) in [6.07, 6.45) is 1.63. The van der Waals surface area contributed by atoms with Gasteiger partial charge in [-0.3, -0.25) is 0 Å². The molecule has 0 aliphatic carbocycles. The van der Waals surface area contributed by atoms with Gasteiger partial charge in [-0.1, -0.05) is 18.2 Å². The van der Waals surface area contributed by atoms with Crippen LogP contribution in [0.5, 0.6) is 0 Å². The Morgan fingerprint density at radius 3 is 2.76 bits per heavy atom. The Bertz CT molecular complexity index is 816. The zero-order chi connectivity index (χ0) is 14.8. The normalized spacial score (nSPS) is 10.5. The summed E-state index contributed by atoms with van der Waals surface area (Å²) < 4.78 is 0. The molecule has 2 heterocycles. The van der Waals surface area contributed by atoms with Crippen molar-refractivity contribution in [3.63, 3.8) is 0 Å². The Balaban J connectivity index is 2.14. The predicted octanol–water partition coefficient (Wildman–Crippen LogP) is 3.38. The van der Waals surface area contributed by atoms with E-state index >= 15 is 0 Å². The van der Waals surface area contributed by atoms with Crippen LogP contribution in [-0.4, -0.2) is 21.0 Å². The number of nitrogens with zero attached hydrogens (tertiary/aromatic N) is 2. The second-order valence-corrected chi connectivity index (χ2v) is 4.73. The third kappa shape index (κ3) is 2.67. The van der Waals surface area contributed by atoms with Crippen LogP contribution < -0.4 is 5.32 Å². The number of carboxylic acids is 1. The average Bonchev–Trinajstić information content (AvgIpc) is 2.47. The Labute approximate surface area is 121 Å². The molecule has 1 aromatic carbocycles. The van der Waals surface area contributed by atoms with E-state index in [-0.39, 0.29) is 5.56 Å². The fourth-order valence-corrected chi connectivity index (χ4v) is 2.09. The molecule has 2 N–H and O–H groups in total. The fourth-order valence-electron chi connectivity index (χ4n) is 2.09. The molecular weight excluding hydrogens is 266 g/mol. The van der Waals surface area contributed by atoms with E-state index in [1.54, 1.807) is 24.4 Å². The smallest absolute Gasteiger partial charge is 0.339 e. The second-order valence-electron chi connectivity index (χ2n) is 4.73. The van der Waals surface area contributed by atoms with Crippen LogP contribution in [0.15, 0.2) is 48.7 Å². The van der Waals surface area contributed by atoms with Crippen molar-refractivity contribution in [3.8, 4) is 0 Å². The highest BCUT2D eigenvalue weighted by atomic mass is 16.4. The summed E-state index contributed by atoms with van der Waals surface area (Å²) in [5.74, 6) is -0.179. The van der Waals surface area contributed by atoms with Gasteiger partial charge in [0, 0.05) is 11.6 Å². The van der Waals surface area contributed by atoms with E-state index < -0.39 is 5.97 Å². The quantitative estimate of drug-likeness (QED) is 0.768. The highest BCUT2D eigenvalue weighted by Crippen LogP contribution is 2.23. The Kier molecular flexibility index (Phi) is 3.23. The van der Waals surface area contributed by atoms with E-state index in [1.165, 1.54) is 0 Å². The number of aromatic nitrogens is 2. The van der Waals surface area contributed by atoms with Gasteiger partial charge in [0.05, 0.1) is 5.52 Å². The van der Waals surface area contributed by atoms with E-state index in [2.05, 4.69) is 15.3 Å². The number of aromatic carboxylic acids is 1. The van der Waals surface area contributed by atoms with Crippen molar-refractivity contribution in [3.05, 3.63) is 59.8 Å². The molecular formula is C16H13N3O2. The number of aryl methyl sites for hydroxylation is 1. The van der Waals surface area contributed by atoms with Gasteiger partial charge in [-0.15, -0.1) is 0 Å². The number of pyridine rings is 2. The van der Waals surface area contributed by atoms with Crippen LogP contribution in [0.3, 0.4) is 0 Å². The maximum atomic E-state index is 11.4. The number of hydrogen-bond donors (Lipinski definition) is 2. The molecule has 0 saturated heterocycles. The van der Waals surface area contributed by atoms with Crippen molar-refractivity contribution in [2.24, 2.45) is 0 Å². The number of anilines is 2. The Hall–Kier alpha value is -2.95. The Morgan fingerprint density at radius 2 is 2.05 bits per heavy atom. The van der Waals surface area contributed by atoms with E-state index in [0.29, 0.717) is 11.6 Å². The molecule has 0 aliphatic rings. The number of carbonyl (C=O) groups is 1. The lowest BCUT2D eigenvalue weighted by Crippen LogP contribution is -2.06. The monoisotopic (exact) mass is 279 g/mol. The third-order valence-electron chi connectivity index (χ3n) is 3.11.